The molecule has 0 unspecified atom stereocenters. The van der Waals surface area contributed by atoms with Crippen LogP contribution in [-0.2, 0) is 0 Å². The first-order valence-electron chi connectivity index (χ1n) is 8.35. The average molecular weight is 322 g/mol. The van der Waals surface area contributed by atoms with E-state index in [2.05, 4.69) is 45.0 Å². The number of anilines is 2. The molecule has 3 heterocycles. The van der Waals surface area contributed by atoms with Gasteiger partial charge in [-0.3, -0.25) is 0 Å². The number of aromatic nitrogens is 3. The highest BCUT2D eigenvalue weighted by atomic mass is 15.3. The van der Waals surface area contributed by atoms with Gasteiger partial charge in [0.05, 0.1) is 11.9 Å². The van der Waals surface area contributed by atoms with Gasteiger partial charge in [-0.05, 0) is 32.1 Å². The molecule has 4 rings (SSSR count). The zero-order valence-electron chi connectivity index (χ0n) is 13.9. The molecule has 6 nitrogen and oxygen atoms in total. The van der Waals surface area contributed by atoms with Gasteiger partial charge in [0, 0.05) is 42.3 Å². The lowest BCUT2D eigenvalue weighted by molar-refractivity contribution is 0.360. The molecule has 124 valence electrons. The van der Waals surface area contributed by atoms with E-state index in [1.165, 1.54) is 0 Å². The second kappa shape index (κ2) is 6.13. The van der Waals surface area contributed by atoms with Crippen molar-refractivity contribution in [3.8, 4) is 11.3 Å². The molecule has 0 radical (unpaired) electrons. The Morgan fingerprint density at radius 1 is 1.12 bits per heavy atom. The minimum Gasteiger partial charge on any atom is -0.381 e. The number of hydrogen-bond acceptors (Lipinski definition) is 5. The number of benzene rings is 1. The van der Waals surface area contributed by atoms with Crippen LogP contribution in [0.5, 0.6) is 0 Å². The first kappa shape index (κ1) is 15.0. The predicted molar refractivity (Wildman–Crippen MR) is 98.1 cm³/mol. The third kappa shape index (κ3) is 2.69. The van der Waals surface area contributed by atoms with Crippen molar-refractivity contribution in [1.29, 1.82) is 0 Å². The zero-order chi connectivity index (χ0) is 16.5. The van der Waals surface area contributed by atoms with Crippen LogP contribution in [0.2, 0.25) is 0 Å². The maximum atomic E-state index is 6.14. The number of nitrogens with zero attached hydrogens (tertiary/aromatic N) is 4. The number of nitrogen functional groups attached to an aromatic ring is 1. The van der Waals surface area contributed by atoms with E-state index in [0.29, 0.717) is 5.82 Å². The zero-order valence-corrected chi connectivity index (χ0v) is 13.9. The number of rotatable bonds is 2. The van der Waals surface area contributed by atoms with Crippen LogP contribution in [0.15, 0.2) is 36.7 Å². The molecule has 1 aromatic carbocycles. The van der Waals surface area contributed by atoms with Crippen molar-refractivity contribution in [1.82, 2.24) is 19.9 Å². The maximum Gasteiger partial charge on any atom is 0.172 e. The third-order valence-electron chi connectivity index (χ3n) is 4.67. The number of fused-ring (bicyclic) bond motifs is 1. The van der Waals surface area contributed by atoms with Crippen LogP contribution in [0, 0.1) is 0 Å². The van der Waals surface area contributed by atoms with Crippen LogP contribution in [0.1, 0.15) is 6.42 Å². The van der Waals surface area contributed by atoms with Crippen molar-refractivity contribution in [2.45, 2.75) is 6.42 Å². The van der Waals surface area contributed by atoms with E-state index in [-0.39, 0.29) is 0 Å². The molecule has 0 spiro atoms. The van der Waals surface area contributed by atoms with Crippen molar-refractivity contribution in [3.63, 3.8) is 0 Å². The molecule has 0 atom stereocenters. The van der Waals surface area contributed by atoms with E-state index in [0.717, 1.165) is 60.6 Å². The van der Waals surface area contributed by atoms with Gasteiger partial charge in [0.1, 0.15) is 0 Å². The fourth-order valence-corrected chi connectivity index (χ4v) is 3.32. The van der Waals surface area contributed by atoms with Crippen molar-refractivity contribution in [2.24, 2.45) is 0 Å². The fraction of sp³-hybridized carbons (Fsp3) is 0.333. The normalized spacial score (nSPS) is 16.5. The number of H-pyrrole nitrogens is 1. The fourth-order valence-electron chi connectivity index (χ4n) is 3.32. The van der Waals surface area contributed by atoms with Crippen LogP contribution < -0.4 is 10.6 Å². The summed E-state index contributed by atoms with van der Waals surface area (Å²) in [5.41, 5.74) is 9.18. The first-order valence-corrected chi connectivity index (χ1v) is 8.35. The van der Waals surface area contributed by atoms with E-state index in [4.69, 9.17) is 10.7 Å². The van der Waals surface area contributed by atoms with E-state index in [1.807, 2.05) is 12.3 Å². The van der Waals surface area contributed by atoms with Crippen molar-refractivity contribution in [3.05, 3.63) is 36.7 Å². The lowest BCUT2D eigenvalue weighted by atomic mass is 10.1. The van der Waals surface area contributed by atoms with Crippen molar-refractivity contribution in [2.75, 3.05) is 43.9 Å². The van der Waals surface area contributed by atoms with Crippen molar-refractivity contribution < 1.29 is 0 Å². The van der Waals surface area contributed by atoms with Crippen LogP contribution in [-0.4, -0.2) is 53.1 Å². The number of nitrogens with one attached hydrogen (secondary N) is 1. The summed E-state index contributed by atoms with van der Waals surface area (Å²) in [7, 11) is 2.15. The Kier molecular flexibility index (Phi) is 3.82. The summed E-state index contributed by atoms with van der Waals surface area (Å²) >= 11 is 0. The molecule has 6 heteroatoms. The highest BCUT2D eigenvalue weighted by Gasteiger charge is 2.18. The molecule has 2 aromatic heterocycles. The lowest BCUT2D eigenvalue weighted by Crippen LogP contribution is -2.30. The summed E-state index contributed by atoms with van der Waals surface area (Å²) in [6.07, 6.45) is 4.82. The molecule has 3 aromatic rings. The molecule has 0 bridgehead atoms. The molecule has 0 aliphatic carbocycles. The maximum absolute atomic E-state index is 6.14. The second-order valence-corrected chi connectivity index (χ2v) is 6.35. The number of aromatic amines is 1. The van der Waals surface area contributed by atoms with Crippen molar-refractivity contribution >= 4 is 22.5 Å². The quantitative estimate of drug-likeness (QED) is 0.757. The van der Waals surface area contributed by atoms with E-state index >= 15 is 0 Å². The van der Waals surface area contributed by atoms with Gasteiger partial charge in [0.15, 0.2) is 11.6 Å². The summed E-state index contributed by atoms with van der Waals surface area (Å²) in [6.45, 7) is 4.00. The van der Waals surface area contributed by atoms with Crippen LogP contribution in [0.25, 0.3) is 22.2 Å². The first-order chi connectivity index (χ1) is 11.7. The van der Waals surface area contributed by atoms with Gasteiger partial charge in [-0.15, -0.1) is 0 Å². The van der Waals surface area contributed by atoms with Crippen LogP contribution >= 0.6 is 0 Å². The summed E-state index contributed by atoms with van der Waals surface area (Å²) in [4.78, 5) is 17.1. The largest absolute Gasteiger partial charge is 0.381 e. The van der Waals surface area contributed by atoms with Gasteiger partial charge in [0.2, 0.25) is 0 Å². The standard InChI is InChI=1S/C18H22N6/c1-23-8-3-9-24(11-10-23)18-17(19)21-12-16(22-18)13-4-2-5-15-14(13)6-7-20-15/h2,4-7,12,20H,3,8-11H2,1H3,(H2,19,21). The summed E-state index contributed by atoms with van der Waals surface area (Å²) in [5, 5.41) is 1.15. The van der Waals surface area contributed by atoms with Crippen LogP contribution in [0.3, 0.4) is 0 Å². The Morgan fingerprint density at radius 3 is 2.96 bits per heavy atom. The Morgan fingerprint density at radius 2 is 2.04 bits per heavy atom. The predicted octanol–water partition coefficient (Wildman–Crippen LogP) is 2.35. The van der Waals surface area contributed by atoms with Gasteiger partial charge in [-0.2, -0.15) is 0 Å². The van der Waals surface area contributed by atoms with Gasteiger partial charge in [-0.25, -0.2) is 9.97 Å². The molecule has 1 saturated heterocycles. The number of nitrogens with two attached hydrogens (primary N) is 1. The van der Waals surface area contributed by atoms with E-state index in [9.17, 15) is 0 Å². The third-order valence-corrected chi connectivity index (χ3v) is 4.67. The van der Waals surface area contributed by atoms with E-state index < -0.39 is 0 Å². The molecule has 1 aliphatic heterocycles. The van der Waals surface area contributed by atoms with Gasteiger partial charge in [0.25, 0.3) is 0 Å². The number of hydrogen-bond donors (Lipinski definition) is 2. The highest BCUT2D eigenvalue weighted by Crippen LogP contribution is 2.29. The summed E-state index contributed by atoms with van der Waals surface area (Å²) < 4.78 is 0. The molecule has 3 N–H and O–H groups in total. The Labute approximate surface area is 141 Å². The lowest BCUT2D eigenvalue weighted by Gasteiger charge is -2.23. The topological polar surface area (TPSA) is 74.1 Å². The van der Waals surface area contributed by atoms with Gasteiger partial charge in [-0.1, -0.05) is 12.1 Å². The van der Waals surface area contributed by atoms with E-state index in [1.54, 1.807) is 6.20 Å². The molecule has 1 aliphatic rings. The van der Waals surface area contributed by atoms with Gasteiger partial charge >= 0.3 is 0 Å². The molecule has 1 fully saturated rings. The minimum absolute atomic E-state index is 0.504. The van der Waals surface area contributed by atoms with Gasteiger partial charge < -0.3 is 20.5 Å². The monoisotopic (exact) mass is 322 g/mol. The second-order valence-electron chi connectivity index (χ2n) is 6.35. The minimum atomic E-state index is 0.504. The Hall–Kier alpha value is -2.60. The number of likely N-dealkylation sites (N-methyl/N-ethyl adjacent to an activating group) is 1. The molecular formula is C18H22N6. The molecular weight excluding hydrogens is 300 g/mol. The smallest absolute Gasteiger partial charge is 0.172 e. The SMILES string of the molecule is CN1CCCN(c2nc(-c3cccc4[nH]ccc34)cnc2N)CC1. The Balaban J connectivity index is 1.75. The van der Waals surface area contributed by atoms with Crippen LogP contribution in [0.4, 0.5) is 11.6 Å². The Bertz CT molecular complexity index is 856. The summed E-state index contributed by atoms with van der Waals surface area (Å²) in [6, 6.07) is 8.25. The molecule has 0 saturated carbocycles. The molecule has 0 amide bonds. The molecule has 24 heavy (non-hydrogen) atoms. The average Bonchev–Trinajstić information content (AvgIpc) is 2.97. The summed E-state index contributed by atoms with van der Waals surface area (Å²) in [5.74, 6) is 1.31. The highest BCUT2D eigenvalue weighted by molar-refractivity contribution is 5.94.